The fourth-order valence-electron chi connectivity index (χ4n) is 2.33. The Morgan fingerprint density at radius 2 is 0.538 bits per heavy atom. The fraction of sp³-hybridized carbons (Fsp3) is 0.0769. The first kappa shape index (κ1) is 19.2. The normalized spacial score (nSPS) is 9.15. The van der Waals surface area contributed by atoms with Crippen LogP contribution < -0.4 is 0 Å². The summed E-state index contributed by atoms with van der Waals surface area (Å²) in [5.74, 6) is 0. The monoisotopic (exact) mass is 338 g/mol. The number of benzene rings is 4. The second-order valence-electron chi connectivity index (χ2n) is 6.04. The van der Waals surface area contributed by atoms with Crippen molar-refractivity contribution in [2.24, 2.45) is 0 Å². The molecule has 0 saturated heterocycles. The maximum Gasteiger partial charge on any atom is -0.0184 e. The van der Waals surface area contributed by atoms with E-state index in [9.17, 15) is 0 Å². The summed E-state index contributed by atoms with van der Waals surface area (Å²) in [5, 5.41) is 0. The van der Waals surface area contributed by atoms with Gasteiger partial charge >= 0.3 is 0 Å². The molecule has 0 spiro atoms. The van der Waals surface area contributed by atoms with Crippen molar-refractivity contribution in [3.05, 3.63) is 132 Å². The zero-order valence-electron chi connectivity index (χ0n) is 15.5. The van der Waals surface area contributed by atoms with E-state index in [4.69, 9.17) is 0 Å². The molecule has 0 aromatic heterocycles. The van der Waals surface area contributed by atoms with Crippen LogP contribution in [0.2, 0.25) is 0 Å². The molecule has 130 valence electrons. The van der Waals surface area contributed by atoms with Gasteiger partial charge in [0.1, 0.15) is 0 Å². The molecule has 0 heterocycles. The minimum absolute atomic E-state index is 1.28. The van der Waals surface area contributed by atoms with Gasteiger partial charge in [0, 0.05) is 0 Å². The van der Waals surface area contributed by atoms with Gasteiger partial charge in [0.2, 0.25) is 0 Å². The Bertz CT molecular complexity index is 745. The van der Waals surface area contributed by atoms with Gasteiger partial charge in [-0.1, -0.05) is 132 Å². The van der Waals surface area contributed by atoms with E-state index in [1.807, 2.05) is 48.5 Å². The van der Waals surface area contributed by atoms with E-state index in [-0.39, 0.29) is 0 Å². The van der Waals surface area contributed by atoms with E-state index in [0.29, 0.717) is 0 Å². The van der Waals surface area contributed by atoms with Gasteiger partial charge in [-0.05, 0) is 25.0 Å². The Morgan fingerprint density at radius 3 is 0.731 bits per heavy atom. The van der Waals surface area contributed by atoms with Crippen molar-refractivity contribution < 1.29 is 0 Å². The van der Waals surface area contributed by atoms with Crippen LogP contribution >= 0.6 is 0 Å². The van der Waals surface area contributed by atoms with E-state index in [1.54, 1.807) is 0 Å². The average Bonchev–Trinajstić information content (AvgIpc) is 2.72. The van der Waals surface area contributed by atoms with Crippen molar-refractivity contribution in [2.45, 2.75) is 13.8 Å². The predicted octanol–water partition coefficient (Wildman–Crippen LogP) is 7.34. The largest absolute Gasteiger partial charge is 0.0622 e. The van der Waals surface area contributed by atoms with Gasteiger partial charge in [0.05, 0.1) is 0 Å². The third kappa shape index (κ3) is 7.63. The third-order valence-corrected chi connectivity index (χ3v) is 3.76. The zero-order chi connectivity index (χ0) is 18.5. The van der Waals surface area contributed by atoms with Crippen LogP contribution in [0, 0.1) is 13.8 Å². The number of rotatable bonds is 1. The van der Waals surface area contributed by atoms with Crippen molar-refractivity contribution in [3.8, 4) is 11.1 Å². The van der Waals surface area contributed by atoms with Gasteiger partial charge in [0.15, 0.2) is 0 Å². The van der Waals surface area contributed by atoms with Crippen LogP contribution in [0.25, 0.3) is 11.1 Å². The summed E-state index contributed by atoms with van der Waals surface area (Å²) in [7, 11) is 0. The summed E-state index contributed by atoms with van der Waals surface area (Å²) in [4.78, 5) is 0. The molecule has 0 aliphatic carbocycles. The van der Waals surface area contributed by atoms with Crippen molar-refractivity contribution in [1.82, 2.24) is 0 Å². The molecule has 0 nitrogen and oxygen atoms in total. The summed E-state index contributed by atoms with van der Waals surface area (Å²) in [6, 6.07) is 41.3. The third-order valence-electron chi connectivity index (χ3n) is 3.76. The van der Waals surface area contributed by atoms with E-state index in [1.165, 1.54) is 22.3 Å². The van der Waals surface area contributed by atoms with E-state index in [0.717, 1.165) is 0 Å². The topological polar surface area (TPSA) is 0 Å². The number of aryl methyl sites for hydroxylation is 2. The van der Waals surface area contributed by atoms with Crippen LogP contribution in [0.1, 0.15) is 11.1 Å². The molecule has 4 aromatic rings. The van der Waals surface area contributed by atoms with Crippen molar-refractivity contribution in [3.63, 3.8) is 0 Å². The van der Waals surface area contributed by atoms with Gasteiger partial charge in [-0.15, -0.1) is 0 Å². The highest BCUT2D eigenvalue weighted by Gasteiger charge is 1.91. The second kappa shape index (κ2) is 11.4. The smallest absolute Gasteiger partial charge is 0.0184 e. The standard InChI is InChI=1S/C12H10.2C7H8/c1-3-7-11(8-4-1)12-9-5-2-6-10-12;2*1-7-5-3-2-4-6-7/h1-10H;2*2-6H,1H3. The molecule has 0 fully saturated rings. The highest BCUT2D eigenvalue weighted by atomic mass is 14.0. The molecular formula is C26H26. The zero-order valence-corrected chi connectivity index (χ0v) is 15.5. The molecule has 0 bridgehead atoms. The number of hydrogen-bond donors (Lipinski definition) is 0. The second-order valence-corrected chi connectivity index (χ2v) is 6.04. The van der Waals surface area contributed by atoms with E-state index in [2.05, 4.69) is 86.6 Å². The molecule has 0 radical (unpaired) electrons. The highest BCUT2D eigenvalue weighted by Crippen LogP contribution is 2.17. The van der Waals surface area contributed by atoms with Crippen molar-refractivity contribution >= 4 is 0 Å². The van der Waals surface area contributed by atoms with Gasteiger partial charge in [0.25, 0.3) is 0 Å². The molecule has 4 aromatic carbocycles. The van der Waals surface area contributed by atoms with Crippen molar-refractivity contribution in [2.75, 3.05) is 0 Å². The Kier molecular flexibility index (Phi) is 8.45. The quantitative estimate of drug-likeness (QED) is 0.340. The Hall–Kier alpha value is -3.12. The molecule has 0 aliphatic heterocycles. The molecule has 26 heavy (non-hydrogen) atoms. The van der Waals surface area contributed by atoms with E-state index >= 15 is 0 Å². The molecule has 0 atom stereocenters. The lowest BCUT2D eigenvalue weighted by molar-refractivity contribution is 1.48. The molecule has 0 unspecified atom stereocenters. The first-order valence-corrected chi connectivity index (χ1v) is 8.89. The summed E-state index contributed by atoms with van der Waals surface area (Å²) in [6.45, 7) is 4.17. The average molecular weight is 338 g/mol. The van der Waals surface area contributed by atoms with Crippen LogP contribution in [-0.4, -0.2) is 0 Å². The van der Waals surface area contributed by atoms with Gasteiger partial charge in [-0.3, -0.25) is 0 Å². The molecular weight excluding hydrogens is 312 g/mol. The Morgan fingerprint density at radius 1 is 0.308 bits per heavy atom. The highest BCUT2D eigenvalue weighted by molar-refractivity contribution is 5.62. The molecule has 4 rings (SSSR count). The van der Waals surface area contributed by atoms with Gasteiger partial charge < -0.3 is 0 Å². The van der Waals surface area contributed by atoms with Gasteiger partial charge in [-0.25, -0.2) is 0 Å². The Labute approximate surface area is 157 Å². The van der Waals surface area contributed by atoms with Crippen LogP contribution in [0.4, 0.5) is 0 Å². The van der Waals surface area contributed by atoms with Gasteiger partial charge in [-0.2, -0.15) is 0 Å². The molecule has 0 amide bonds. The lowest BCUT2D eigenvalue weighted by atomic mass is 10.1. The number of hydrogen-bond acceptors (Lipinski definition) is 0. The maximum atomic E-state index is 2.12. The van der Waals surface area contributed by atoms with Crippen LogP contribution in [-0.2, 0) is 0 Å². The predicted molar refractivity (Wildman–Crippen MR) is 114 cm³/mol. The maximum absolute atomic E-state index is 2.12. The summed E-state index contributed by atoms with van der Waals surface area (Å²) in [5.41, 5.74) is 5.20. The lowest BCUT2D eigenvalue weighted by Crippen LogP contribution is -1.73. The van der Waals surface area contributed by atoms with E-state index < -0.39 is 0 Å². The first-order valence-electron chi connectivity index (χ1n) is 8.89. The molecule has 0 N–H and O–H groups in total. The molecule has 0 aliphatic rings. The Balaban J connectivity index is 0.000000150. The first-order chi connectivity index (χ1) is 12.8. The van der Waals surface area contributed by atoms with Crippen LogP contribution in [0.3, 0.4) is 0 Å². The minimum atomic E-state index is 1.28. The van der Waals surface area contributed by atoms with Crippen molar-refractivity contribution in [1.29, 1.82) is 0 Å². The summed E-state index contributed by atoms with van der Waals surface area (Å²) < 4.78 is 0. The lowest BCUT2D eigenvalue weighted by Gasteiger charge is -1.98. The van der Waals surface area contributed by atoms with Crippen LogP contribution in [0.15, 0.2) is 121 Å². The molecule has 0 heteroatoms. The fourth-order valence-corrected chi connectivity index (χ4v) is 2.33. The van der Waals surface area contributed by atoms with Crippen LogP contribution in [0.5, 0.6) is 0 Å². The molecule has 0 saturated carbocycles. The SMILES string of the molecule is Cc1ccccc1.Cc1ccccc1.c1ccc(-c2ccccc2)cc1. The summed E-state index contributed by atoms with van der Waals surface area (Å²) >= 11 is 0. The minimum Gasteiger partial charge on any atom is -0.0622 e. The summed E-state index contributed by atoms with van der Waals surface area (Å²) in [6.07, 6.45) is 0.